The largest absolute Gasteiger partial charge is 0.488 e. The maximum Gasteiger partial charge on any atom is 0.266 e. The van der Waals surface area contributed by atoms with E-state index in [9.17, 15) is 14.4 Å². The molecular weight excluding hydrogens is 462 g/mol. The van der Waals surface area contributed by atoms with Gasteiger partial charge in [-0.15, -0.1) is 0 Å². The number of amides is 1. The van der Waals surface area contributed by atoms with Crippen molar-refractivity contribution in [1.82, 2.24) is 0 Å². The van der Waals surface area contributed by atoms with Gasteiger partial charge in [0.1, 0.15) is 29.8 Å². The van der Waals surface area contributed by atoms with E-state index in [1.807, 2.05) is 6.07 Å². The Morgan fingerprint density at radius 3 is 2.55 bits per heavy atom. The fourth-order valence-electron chi connectivity index (χ4n) is 2.61. The van der Waals surface area contributed by atoms with Crippen LogP contribution in [0.4, 0.5) is 10.1 Å². The van der Waals surface area contributed by atoms with Crippen molar-refractivity contribution in [2.45, 2.75) is 6.61 Å². The molecular formula is C23H14Cl3FN2O2. The molecule has 1 amide bonds. The van der Waals surface area contributed by atoms with E-state index in [1.54, 1.807) is 42.5 Å². The predicted molar refractivity (Wildman–Crippen MR) is 121 cm³/mol. The maximum absolute atomic E-state index is 13.9. The van der Waals surface area contributed by atoms with Gasteiger partial charge >= 0.3 is 0 Å². The first-order chi connectivity index (χ1) is 14.9. The lowest BCUT2D eigenvalue weighted by molar-refractivity contribution is -0.112. The Labute approximate surface area is 193 Å². The third kappa shape index (κ3) is 5.99. The van der Waals surface area contributed by atoms with Crippen molar-refractivity contribution in [3.8, 4) is 11.8 Å². The molecule has 0 atom stereocenters. The molecule has 0 saturated carbocycles. The highest BCUT2D eigenvalue weighted by Gasteiger charge is 2.13. The van der Waals surface area contributed by atoms with Crippen molar-refractivity contribution in [2.75, 3.05) is 5.32 Å². The van der Waals surface area contributed by atoms with Crippen LogP contribution in [0.3, 0.4) is 0 Å². The molecule has 3 aromatic carbocycles. The molecule has 0 fully saturated rings. The standard InChI is InChI=1S/C23H14Cl3FN2O2/c24-17-5-8-22(31-13-14-3-1-2-4-21(14)27)15(10-17)9-16(12-28)23(30)29-18-6-7-19(25)20(26)11-18/h1-11H,13H2,(H,29,30)/b16-9+. The Morgan fingerprint density at radius 1 is 1.06 bits per heavy atom. The first-order valence-corrected chi connectivity index (χ1v) is 10.0. The van der Waals surface area contributed by atoms with Crippen molar-refractivity contribution < 1.29 is 13.9 Å². The second kappa shape index (κ2) is 10.3. The number of ether oxygens (including phenoxy) is 1. The van der Waals surface area contributed by atoms with E-state index in [2.05, 4.69) is 5.32 Å². The van der Waals surface area contributed by atoms with Crippen molar-refractivity contribution >= 4 is 52.5 Å². The van der Waals surface area contributed by atoms with Crippen LogP contribution in [0.1, 0.15) is 11.1 Å². The van der Waals surface area contributed by atoms with E-state index in [1.165, 1.54) is 24.3 Å². The van der Waals surface area contributed by atoms with Gasteiger partial charge in [-0.3, -0.25) is 4.79 Å². The fraction of sp³-hybridized carbons (Fsp3) is 0.0435. The molecule has 0 heterocycles. The number of anilines is 1. The minimum absolute atomic E-state index is 0.0352. The number of rotatable bonds is 6. The average Bonchev–Trinajstić information content (AvgIpc) is 2.75. The second-order valence-corrected chi connectivity index (χ2v) is 7.57. The lowest BCUT2D eigenvalue weighted by atomic mass is 10.1. The van der Waals surface area contributed by atoms with Crippen LogP contribution >= 0.6 is 34.8 Å². The van der Waals surface area contributed by atoms with E-state index < -0.39 is 11.7 Å². The van der Waals surface area contributed by atoms with Crippen molar-refractivity contribution in [3.05, 3.63) is 98.2 Å². The van der Waals surface area contributed by atoms with E-state index in [-0.39, 0.29) is 17.2 Å². The molecule has 0 radical (unpaired) electrons. The highest BCUT2D eigenvalue weighted by atomic mass is 35.5. The molecule has 0 saturated heterocycles. The van der Waals surface area contributed by atoms with Gasteiger partial charge in [0.15, 0.2) is 0 Å². The first kappa shape index (κ1) is 22.6. The summed E-state index contributed by atoms with van der Waals surface area (Å²) in [6, 6.07) is 17.4. The molecule has 0 aliphatic rings. The Kier molecular flexibility index (Phi) is 7.54. The van der Waals surface area contributed by atoms with Crippen molar-refractivity contribution in [1.29, 1.82) is 5.26 Å². The fourth-order valence-corrected chi connectivity index (χ4v) is 3.09. The number of carbonyl (C=O) groups excluding carboxylic acids is 1. The third-order valence-corrected chi connectivity index (χ3v) is 5.13. The predicted octanol–water partition coefficient (Wildman–Crippen LogP) is 6.91. The van der Waals surface area contributed by atoms with Gasteiger partial charge in [-0.25, -0.2) is 4.39 Å². The molecule has 0 unspecified atom stereocenters. The molecule has 1 N–H and O–H groups in total. The molecule has 3 rings (SSSR count). The highest BCUT2D eigenvalue weighted by Crippen LogP contribution is 2.28. The number of benzene rings is 3. The van der Waals surface area contributed by atoms with E-state index in [0.717, 1.165) is 0 Å². The number of nitrogens with zero attached hydrogens (tertiary/aromatic N) is 1. The van der Waals surface area contributed by atoms with Gasteiger partial charge < -0.3 is 10.1 Å². The summed E-state index contributed by atoms with van der Waals surface area (Å²) < 4.78 is 19.6. The van der Waals surface area contributed by atoms with Crippen LogP contribution in [-0.2, 0) is 11.4 Å². The number of hydrogen-bond acceptors (Lipinski definition) is 3. The number of nitriles is 1. The molecule has 4 nitrogen and oxygen atoms in total. The second-order valence-electron chi connectivity index (χ2n) is 6.32. The number of nitrogens with one attached hydrogen (secondary N) is 1. The number of halogens is 4. The van der Waals surface area contributed by atoms with Crippen LogP contribution in [0.15, 0.2) is 66.2 Å². The summed E-state index contributed by atoms with van der Waals surface area (Å²) in [5, 5.41) is 13.1. The van der Waals surface area contributed by atoms with Crippen LogP contribution in [-0.4, -0.2) is 5.91 Å². The Balaban J connectivity index is 1.84. The summed E-state index contributed by atoms with van der Waals surface area (Å²) >= 11 is 17.9. The quantitative estimate of drug-likeness (QED) is 0.311. The van der Waals surface area contributed by atoms with E-state index >= 15 is 0 Å². The zero-order valence-electron chi connectivity index (χ0n) is 15.8. The number of carbonyl (C=O) groups is 1. The summed E-state index contributed by atoms with van der Waals surface area (Å²) in [7, 11) is 0. The lowest BCUT2D eigenvalue weighted by Gasteiger charge is -2.11. The Hall–Kier alpha value is -3.04. The molecule has 0 bridgehead atoms. The van der Waals surface area contributed by atoms with Gasteiger partial charge in [0, 0.05) is 21.8 Å². The lowest BCUT2D eigenvalue weighted by Crippen LogP contribution is -2.13. The normalized spacial score (nSPS) is 11.0. The van der Waals surface area contributed by atoms with Crippen molar-refractivity contribution in [2.24, 2.45) is 0 Å². The first-order valence-electron chi connectivity index (χ1n) is 8.91. The number of hydrogen-bond donors (Lipinski definition) is 1. The minimum atomic E-state index is -0.652. The Bertz CT molecular complexity index is 1210. The zero-order chi connectivity index (χ0) is 22.4. The molecule has 0 aromatic heterocycles. The summed E-state index contributed by atoms with van der Waals surface area (Å²) in [5.74, 6) is -0.712. The van der Waals surface area contributed by atoms with Crippen LogP contribution in [0, 0.1) is 17.1 Å². The van der Waals surface area contributed by atoms with Gasteiger partial charge in [0.05, 0.1) is 10.0 Å². The Morgan fingerprint density at radius 2 is 1.84 bits per heavy atom. The highest BCUT2D eigenvalue weighted by molar-refractivity contribution is 6.42. The van der Waals surface area contributed by atoms with Crippen LogP contribution in [0.5, 0.6) is 5.75 Å². The van der Waals surface area contributed by atoms with Crippen molar-refractivity contribution in [3.63, 3.8) is 0 Å². The molecule has 0 spiro atoms. The maximum atomic E-state index is 13.9. The minimum Gasteiger partial charge on any atom is -0.488 e. The summed E-state index contributed by atoms with van der Waals surface area (Å²) in [6.45, 7) is -0.0352. The summed E-state index contributed by atoms with van der Waals surface area (Å²) in [6.07, 6.45) is 1.34. The molecule has 31 heavy (non-hydrogen) atoms. The summed E-state index contributed by atoms with van der Waals surface area (Å²) in [5.41, 5.74) is 0.946. The van der Waals surface area contributed by atoms with E-state index in [0.29, 0.717) is 32.6 Å². The van der Waals surface area contributed by atoms with Gasteiger partial charge in [-0.2, -0.15) is 5.26 Å². The van der Waals surface area contributed by atoms with Gasteiger partial charge in [-0.05, 0) is 48.5 Å². The topological polar surface area (TPSA) is 62.1 Å². The third-order valence-electron chi connectivity index (χ3n) is 4.16. The smallest absolute Gasteiger partial charge is 0.266 e. The van der Waals surface area contributed by atoms with Crippen LogP contribution < -0.4 is 10.1 Å². The molecule has 0 aliphatic heterocycles. The van der Waals surface area contributed by atoms with Gasteiger partial charge in [-0.1, -0.05) is 53.0 Å². The average molecular weight is 476 g/mol. The SMILES string of the molecule is N#C/C(=C\c1cc(Cl)ccc1OCc1ccccc1F)C(=O)Nc1ccc(Cl)c(Cl)c1. The van der Waals surface area contributed by atoms with Crippen LogP contribution in [0.2, 0.25) is 15.1 Å². The molecule has 8 heteroatoms. The van der Waals surface area contributed by atoms with Gasteiger partial charge in [0.25, 0.3) is 5.91 Å². The monoisotopic (exact) mass is 474 g/mol. The zero-order valence-corrected chi connectivity index (χ0v) is 18.1. The van der Waals surface area contributed by atoms with Gasteiger partial charge in [0.2, 0.25) is 0 Å². The van der Waals surface area contributed by atoms with E-state index in [4.69, 9.17) is 39.5 Å². The molecule has 3 aromatic rings. The molecule has 156 valence electrons. The molecule has 0 aliphatic carbocycles. The summed E-state index contributed by atoms with van der Waals surface area (Å²) in [4.78, 5) is 12.6. The van der Waals surface area contributed by atoms with Crippen LogP contribution in [0.25, 0.3) is 6.08 Å².